The molecule has 0 saturated heterocycles. The van der Waals surface area contributed by atoms with Gasteiger partial charge >= 0.3 is 11.9 Å². The van der Waals surface area contributed by atoms with Gasteiger partial charge < -0.3 is 29.9 Å². The third-order valence-corrected chi connectivity index (χ3v) is 14.0. The zero-order valence-electron chi connectivity index (χ0n) is 45.9. The van der Waals surface area contributed by atoms with Crippen molar-refractivity contribution in [3.05, 3.63) is 115 Å². The van der Waals surface area contributed by atoms with Crippen molar-refractivity contribution in [1.29, 1.82) is 0 Å². The summed E-state index contributed by atoms with van der Waals surface area (Å²) in [5.74, 6) is -0.383. The second-order valence-electron chi connectivity index (χ2n) is 25.1. The molecular weight excluding hydrogens is 877 g/mol. The lowest BCUT2D eigenvalue weighted by molar-refractivity contribution is -0.149. The van der Waals surface area contributed by atoms with Gasteiger partial charge in [-0.25, -0.2) is 0 Å². The van der Waals surface area contributed by atoms with Crippen LogP contribution in [0, 0.1) is 11.8 Å². The van der Waals surface area contributed by atoms with Crippen molar-refractivity contribution in [3.8, 4) is 23.0 Å². The van der Waals surface area contributed by atoms with Gasteiger partial charge in [0.2, 0.25) is 0 Å². The average Bonchev–Trinajstić information content (AvgIpc) is 3.23. The molecule has 2 atom stereocenters. The number of hydrogen-bond acceptors (Lipinski definition) is 10. The smallest absolute Gasteiger partial charge is 0.323 e. The van der Waals surface area contributed by atoms with Crippen LogP contribution >= 0.6 is 0 Å². The molecule has 0 spiro atoms. The Hall–Kier alpha value is -5.06. The zero-order chi connectivity index (χ0) is 52.6. The van der Waals surface area contributed by atoms with E-state index in [-0.39, 0.29) is 95.5 Å². The van der Waals surface area contributed by atoms with Crippen molar-refractivity contribution >= 4 is 11.9 Å². The Morgan fingerprint density at radius 2 is 0.629 bits per heavy atom. The molecule has 0 amide bonds. The summed E-state index contributed by atoms with van der Waals surface area (Å²) in [7, 11) is 2.79. The molecule has 0 unspecified atom stereocenters. The van der Waals surface area contributed by atoms with Crippen LogP contribution in [0.1, 0.15) is 190 Å². The number of fused-ring (bicyclic) bond motifs is 8. The lowest BCUT2D eigenvalue weighted by atomic mass is 9.81. The normalized spacial score (nSPS) is 15.7. The van der Waals surface area contributed by atoms with E-state index in [9.17, 15) is 30.0 Å². The van der Waals surface area contributed by atoms with Gasteiger partial charge in [0.05, 0.1) is 14.2 Å². The number of phenolic OH excluding ortho intramolecular Hbond substituents is 4. The molecule has 4 aromatic rings. The van der Waals surface area contributed by atoms with Crippen molar-refractivity contribution in [1.82, 2.24) is 9.80 Å². The highest BCUT2D eigenvalue weighted by atomic mass is 16.5. The fourth-order valence-corrected chi connectivity index (χ4v) is 9.59. The fourth-order valence-electron chi connectivity index (χ4n) is 9.59. The molecule has 10 heteroatoms. The van der Waals surface area contributed by atoms with Crippen molar-refractivity contribution in [2.45, 2.75) is 196 Å². The van der Waals surface area contributed by atoms with Crippen LogP contribution in [0.25, 0.3) is 0 Å². The monoisotopic (exact) mass is 963 g/mol. The van der Waals surface area contributed by atoms with E-state index in [0.29, 0.717) is 57.3 Å². The van der Waals surface area contributed by atoms with E-state index in [0.717, 1.165) is 22.3 Å². The molecule has 8 bridgehead atoms. The molecule has 0 aliphatic carbocycles. The first-order valence-corrected chi connectivity index (χ1v) is 25.3. The number of methoxy groups -OCH3 is 2. The highest BCUT2D eigenvalue weighted by molar-refractivity contribution is 5.76. The van der Waals surface area contributed by atoms with Gasteiger partial charge in [0, 0.05) is 61.3 Å². The minimum Gasteiger partial charge on any atom is -0.507 e. The van der Waals surface area contributed by atoms with E-state index in [1.165, 1.54) is 14.2 Å². The standard InChI is InChI=1S/C60H86N2O8/c1-35(2)19-49(55(67)69-17)61-31-41-27-45(57(5,6)7)23-37(51(41)63)21-39-25-47(59(11,12)13)29-43(53(39)65)33-62(50(20-36(3)4)56(68)70-18)34-44-30-48(60(14,15)16)26-40(54(44)66)22-38-24-46(58(8,9)10)28-42(32-61)52(38)64/h23-30,35-36,49-50,63-66H,19-22,31-34H2,1-18H3/t49-,50-/m0/s1. The number of ether oxygens (including phenoxy) is 2. The lowest BCUT2D eigenvalue weighted by Gasteiger charge is -2.34. The number of rotatable bonds is 8. The molecule has 1 aliphatic heterocycles. The largest absolute Gasteiger partial charge is 0.507 e. The molecule has 5 rings (SSSR count). The number of esters is 2. The molecule has 10 nitrogen and oxygen atoms in total. The minimum atomic E-state index is -0.734. The van der Waals surface area contributed by atoms with Gasteiger partial charge in [-0.3, -0.25) is 19.4 Å². The van der Waals surface area contributed by atoms with Crippen molar-refractivity contribution in [3.63, 3.8) is 0 Å². The number of carbonyl (C=O) groups is 2. The van der Waals surface area contributed by atoms with Crippen LogP contribution in [0.15, 0.2) is 48.5 Å². The zero-order valence-corrected chi connectivity index (χ0v) is 45.9. The fraction of sp³-hybridized carbons (Fsp3) is 0.567. The third kappa shape index (κ3) is 13.3. The Kier molecular flexibility index (Phi) is 17.0. The summed E-state index contributed by atoms with van der Waals surface area (Å²) in [6.07, 6.45) is 1.28. The van der Waals surface area contributed by atoms with Gasteiger partial charge in [-0.05, 0) is 90.8 Å². The summed E-state index contributed by atoms with van der Waals surface area (Å²) in [6, 6.07) is 14.6. The average molecular weight is 963 g/mol. The molecule has 4 aromatic carbocycles. The summed E-state index contributed by atoms with van der Waals surface area (Å²) < 4.78 is 11.0. The highest BCUT2D eigenvalue weighted by Gasteiger charge is 2.34. The predicted molar refractivity (Wildman–Crippen MR) is 282 cm³/mol. The Bertz CT molecular complexity index is 2210. The first-order chi connectivity index (χ1) is 32.2. The van der Waals surface area contributed by atoms with Crippen LogP contribution in [0.3, 0.4) is 0 Å². The van der Waals surface area contributed by atoms with Crippen molar-refractivity contribution in [2.24, 2.45) is 11.8 Å². The number of nitrogens with zero attached hydrogens (tertiary/aromatic N) is 2. The van der Waals surface area contributed by atoms with E-state index >= 15 is 0 Å². The summed E-state index contributed by atoms with van der Waals surface area (Å²) in [5, 5.41) is 50.3. The summed E-state index contributed by atoms with van der Waals surface area (Å²) in [4.78, 5) is 32.0. The molecule has 4 N–H and O–H groups in total. The SMILES string of the molecule is COC(=O)[C@H](CC(C)C)N1Cc2cc(C(C)(C)C)cc(c2O)Cc2cc(C(C)(C)C)cc(c2O)CN([C@@H](CC(C)C)C(=O)OC)Cc2cc(C(C)(C)C)cc(c2O)Cc2cc(C(C)(C)C)cc(c2O)C1. The molecular formula is C60H86N2O8. The molecule has 384 valence electrons. The number of aromatic hydroxyl groups is 4. The highest BCUT2D eigenvalue weighted by Crippen LogP contribution is 2.42. The van der Waals surface area contributed by atoms with Gasteiger partial charge in [-0.15, -0.1) is 0 Å². The van der Waals surface area contributed by atoms with Gasteiger partial charge in [-0.1, -0.05) is 159 Å². The predicted octanol–water partition coefficient (Wildman–Crippen LogP) is 12.4. The van der Waals surface area contributed by atoms with Crippen LogP contribution in [-0.2, 0) is 79.7 Å². The Morgan fingerprint density at radius 3 is 0.800 bits per heavy atom. The second-order valence-corrected chi connectivity index (χ2v) is 25.1. The maximum atomic E-state index is 14.0. The number of benzene rings is 4. The Labute approximate surface area is 420 Å². The van der Waals surface area contributed by atoms with E-state index in [4.69, 9.17) is 9.47 Å². The number of carbonyl (C=O) groups excluding carboxylic acids is 2. The van der Waals surface area contributed by atoms with Crippen LogP contribution in [-0.4, -0.2) is 68.5 Å². The van der Waals surface area contributed by atoms with Crippen LogP contribution in [0.4, 0.5) is 0 Å². The topological polar surface area (TPSA) is 140 Å². The third-order valence-electron chi connectivity index (χ3n) is 14.0. The molecule has 0 saturated carbocycles. The van der Waals surface area contributed by atoms with Crippen LogP contribution in [0.2, 0.25) is 0 Å². The molecule has 0 fully saturated rings. The second kappa shape index (κ2) is 21.3. The van der Waals surface area contributed by atoms with Gasteiger partial charge in [0.1, 0.15) is 35.1 Å². The van der Waals surface area contributed by atoms with E-state index in [1.54, 1.807) is 0 Å². The summed E-state index contributed by atoms with van der Waals surface area (Å²) >= 11 is 0. The maximum absolute atomic E-state index is 14.0. The number of phenols is 4. The van der Waals surface area contributed by atoms with E-state index < -0.39 is 24.0 Å². The lowest BCUT2D eigenvalue weighted by Crippen LogP contribution is -2.42. The van der Waals surface area contributed by atoms with Gasteiger partial charge in [-0.2, -0.15) is 0 Å². The summed E-state index contributed by atoms with van der Waals surface area (Å²) in [6.45, 7) is 34.3. The van der Waals surface area contributed by atoms with Gasteiger partial charge in [0.25, 0.3) is 0 Å². The van der Waals surface area contributed by atoms with E-state index in [1.807, 2.05) is 58.3 Å². The first-order valence-electron chi connectivity index (χ1n) is 25.3. The quantitative estimate of drug-likeness (QED) is 0.126. The maximum Gasteiger partial charge on any atom is 0.323 e. The van der Waals surface area contributed by atoms with Crippen LogP contribution in [0.5, 0.6) is 23.0 Å². The number of hydrogen-bond donors (Lipinski definition) is 4. The molecule has 1 heterocycles. The molecule has 0 radical (unpaired) electrons. The van der Waals surface area contributed by atoms with Gasteiger partial charge in [0.15, 0.2) is 0 Å². The van der Waals surface area contributed by atoms with E-state index in [2.05, 4.69) is 111 Å². The molecule has 70 heavy (non-hydrogen) atoms. The van der Waals surface area contributed by atoms with Crippen LogP contribution < -0.4 is 0 Å². The first kappa shape index (κ1) is 55.9. The Morgan fingerprint density at radius 1 is 0.429 bits per heavy atom. The Balaban J connectivity index is 1.97. The molecule has 1 aliphatic rings. The van der Waals surface area contributed by atoms with Crippen molar-refractivity contribution in [2.75, 3.05) is 14.2 Å². The minimum absolute atomic E-state index is 0.0592. The molecule has 0 aromatic heterocycles. The van der Waals surface area contributed by atoms with Crippen molar-refractivity contribution < 1.29 is 39.5 Å². The summed E-state index contributed by atoms with van der Waals surface area (Å²) in [5.41, 5.74) is 7.35.